The van der Waals surface area contributed by atoms with Gasteiger partial charge in [0.1, 0.15) is 0 Å². The molecule has 0 spiro atoms. The minimum atomic E-state index is 0.00579. The number of esters is 1. The first-order valence-corrected chi connectivity index (χ1v) is 5.91. The summed E-state index contributed by atoms with van der Waals surface area (Å²) in [6.07, 6.45) is 8.01. The van der Waals surface area contributed by atoms with Gasteiger partial charge in [-0.05, 0) is 32.1 Å². The fourth-order valence-electron chi connectivity index (χ4n) is 1.98. The van der Waals surface area contributed by atoms with Crippen molar-refractivity contribution in [1.29, 1.82) is 0 Å². The van der Waals surface area contributed by atoms with E-state index in [0.717, 1.165) is 6.42 Å². The Morgan fingerprint density at radius 1 is 1.36 bits per heavy atom. The van der Waals surface area contributed by atoms with Gasteiger partial charge in [-0.15, -0.1) is 0 Å². The number of hydrogen-bond acceptors (Lipinski definition) is 2. The molecule has 1 aliphatic rings. The molecule has 0 N–H and O–H groups in total. The summed E-state index contributed by atoms with van der Waals surface area (Å²) in [6.45, 7) is 4.00. The van der Waals surface area contributed by atoms with E-state index in [-0.39, 0.29) is 12.1 Å². The number of carbonyl (C=O) groups excluding carboxylic acids is 1. The predicted octanol–water partition coefficient (Wildman–Crippen LogP) is 3.30. The van der Waals surface area contributed by atoms with Crippen LogP contribution in [0.1, 0.15) is 58.8 Å². The normalized spacial score (nSPS) is 20.4. The maximum Gasteiger partial charge on any atom is 0.306 e. The zero-order valence-corrected chi connectivity index (χ0v) is 9.42. The van der Waals surface area contributed by atoms with Crippen molar-refractivity contribution in [2.75, 3.05) is 0 Å². The molecular weight excluding hydrogens is 176 g/mol. The van der Waals surface area contributed by atoms with Gasteiger partial charge in [0, 0.05) is 6.42 Å². The van der Waals surface area contributed by atoms with Crippen molar-refractivity contribution in [3.05, 3.63) is 0 Å². The molecule has 2 heteroatoms. The van der Waals surface area contributed by atoms with Crippen LogP contribution in [0, 0.1) is 5.92 Å². The number of hydrogen-bond donors (Lipinski definition) is 0. The van der Waals surface area contributed by atoms with Gasteiger partial charge in [-0.25, -0.2) is 0 Å². The Morgan fingerprint density at radius 3 is 2.57 bits per heavy atom. The van der Waals surface area contributed by atoms with Crippen LogP contribution in [0.3, 0.4) is 0 Å². The maximum absolute atomic E-state index is 11.5. The van der Waals surface area contributed by atoms with E-state index in [1.165, 1.54) is 32.1 Å². The van der Waals surface area contributed by atoms with Crippen molar-refractivity contribution in [2.45, 2.75) is 64.9 Å². The van der Waals surface area contributed by atoms with Crippen LogP contribution in [0.25, 0.3) is 0 Å². The minimum absolute atomic E-state index is 0.00579. The second kappa shape index (κ2) is 6.05. The molecule has 0 aliphatic heterocycles. The molecule has 0 bridgehead atoms. The highest BCUT2D eigenvalue weighted by Gasteiger charge is 2.18. The second-order valence-electron chi connectivity index (χ2n) is 4.42. The molecule has 1 aliphatic carbocycles. The monoisotopic (exact) mass is 198 g/mol. The third-order valence-electron chi connectivity index (χ3n) is 3.09. The fraction of sp³-hybridized carbons (Fsp3) is 0.917. The average molecular weight is 198 g/mol. The lowest BCUT2D eigenvalue weighted by atomic mass is 9.87. The molecule has 0 aromatic heterocycles. The summed E-state index contributed by atoms with van der Waals surface area (Å²) in [5.41, 5.74) is 0. The lowest BCUT2D eigenvalue weighted by molar-refractivity contribution is -0.149. The first-order valence-electron chi connectivity index (χ1n) is 5.91. The van der Waals surface area contributed by atoms with Gasteiger partial charge >= 0.3 is 5.97 Å². The predicted molar refractivity (Wildman–Crippen MR) is 57.0 cm³/mol. The van der Waals surface area contributed by atoms with Crippen molar-refractivity contribution in [3.63, 3.8) is 0 Å². The van der Waals surface area contributed by atoms with Crippen LogP contribution >= 0.6 is 0 Å². The second-order valence-corrected chi connectivity index (χ2v) is 4.42. The molecule has 1 fully saturated rings. The molecule has 0 aromatic rings. The van der Waals surface area contributed by atoms with E-state index in [1.54, 1.807) is 0 Å². The Balaban J connectivity index is 2.18. The van der Waals surface area contributed by atoms with E-state index < -0.39 is 0 Å². The Labute approximate surface area is 87.0 Å². The molecule has 0 aromatic carbocycles. The number of ether oxygens (including phenoxy) is 1. The fourth-order valence-corrected chi connectivity index (χ4v) is 1.98. The largest absolute Gasteiger partial charge is 0.463 e. The summed E-state index contributed by atoms with van der Waals surface area (Å²) < 4.78 is 5.26. The average Bonchev–Trinajstić information content (AvgIpc) is 2.19. The Kier molecular flexibility index (Phi) is 4.99. The van der Waals surface area contributed by atoms with E-state index in [9.17, 15) is 4.79 Å². The van der Waals surface area contributed by atoms with Gasteiger partial charge in [-0.1, -0.05) is 26.2 Å². The molecular formula is C12H22O2. The van der Waals surface area contributed by atoms with Crippen molar-refractivity contribution >= 4 is 5.97 Å². The summed E-state index contributed by atoms with van der Waals surface area (Å²) >= 11 is 0. The molecule has 0 saturated heterocycles. The summed E-state index contributed by atoms with van der Waals surface area (Å²) in [4.78, 5) is 11.5. The van der Waals surface area contributed by atoms with Gasteiger partial charge in [0.25, 0.3) is 0 Å². The van der Waals surface area contributed by atoms with Crippen LogP contribution in [-0.2, 0) is 9.53 Å². The van der Waals surface area contributed by atoms with Crippen molar-refractivity contribution in [2.24, 2.45) is 5.92 Å². The van der Waals surface area contributed by atoms with Gasteiger partial charge in [-0.3, -0.25) is 4.79 Å². The molecule has 1 unspecified atom stereocenters. The molecule has 1 saturated carbocycles. The first-order chi connectivity index (χ1) is 6.72. The molecule has 0 amide bonds. The van der Waals surface area contributed by atoms with Crippen molar-refractivity contribution in [1.82, 2.24) is 0 Å². The number of rotatable bonds is 4. The smallest absolute Gasteiger partial charge is 0.306 e. The molecule has 1 rings (SSSR count). The lowest BCUT2D eigenvalue weighted by Gasteiger charge is -2.21. The van der Waals surface area contributed by atoms with Crippen LogP contribution < -0.4 is 0 Å². The standard InChI is InChI=1S/C12H22O2/c1-3-10(2)14-12(13)9-11-7-5-4-6-8-11/h10-11H,3-9H2,1-2H3. The highest BCUT2D eigenvalue weighted by Crippen LogP contribution is 2.26. The summed E-state index contributed by atoms with van der Waals surface area (Å²) in [7, 11) is 0. The van der Waals surface area contributed by atoms with Crippen LogP contribution in [0.4, 0.5) is 0 Å². The molecule has 14 heavy (non-hydrogen) atoms. The zero-order chi connectivity index (χ0) is 10.4. The van der Waals surface area contributed by atoms with E-state index in [2.05, 4.69) is 0 Å². The van der Waals surface area contributed by atoms with E-state index in [4.69, 9.17) is 4.74 Å². The van der Waals surface area contributed by atoms with Crippen LogP contribution in [0.15, 0.2) is 0 Å². The summed E-state index contributed by atoms with van der Waals surface area (Å²) in [5.74, 6) is 0.603. The van der Waals surface area contributed by atoms with Gasteiger partial charge < -0.3 is 4.74 Å². The third-order valence-corrected chi connectivity index (χ3v) is 3.09. The van der Waals surface area contributed by atoms with E-state index in [0.29, 0.717) is 12.3 Å². The van der Waals surface area contributed by atoms with Crippen LogP contribution in [-0.4, -0.2) is 12.1 Å². The highest BCUT2D eigenvalue weighted by atomic mass is 16.5. The molecule has 0 radical (unpaired) electrons. The van der Waals surface area contributed by atoms with Gasteiger partial charge in [0.15, 0.2) is 0 Å². The summed E-state index contributed by atoms with van der Waals surface area (Å²) in [6, 6.07) is 0. The van der Waals surface area contributed by atoms with Crippen LogP contribution in [0.5, 0.6) is 0 Å². The zero-order valence-electron chi connectivity index (χ0n) is 9.42. The quantitative estimate of drug-likeness (QED) is 0.648. The van der Waals surface area contributed by atoms with Gasteiger partial charge in [0.2, 0.25) is 0 Å². The third kappa shape index (κ3) is 4.12. The van der Waals surface area contributed by atoms with Crippen molar-refractivity contribution < 1.29 is 9.53 Å². The number of carbonyl (C=O) groups is 1. The Morgan fingerprint density at radius 2 is 2.00 bits per heavy atom. The van der Waals surface area contributed by atoms with E-state index >= 15 is 0 Å². The molecule has 1 atom stereocenters. The topological polar surface area (TPSA) is 26.3 Å². The molecule has 82 valence electrons. The van der Waals surface area contributed by atoms with Crippen molar-refractivity contribution in [3.8, 4) is 0 Å². The maximum atomic E-state index is 11.5. The Hall–Kier alpha value is -0.530. The summed E-state index contributed by atoms with van der Waals surface area (Å²) in [5, 5.41) is 0. The van der Waals surface area contributed by atoms with Gasteiger partial charge in [0.05, 0.1) is 6.10 Å². The first kappa shape index (κ1) is 11.5. The highest BCUT2D eigenvalue weighted by molar-refractivity contribution is 5.69. The van der Waals surface area contributed by atoms with E-state index in [1.807, 2.05) is 13.8 Å². The van der Waals surface area contributed by atoms with Gasteiger partial charge in [-0.2, -0.15) is 0 Å². The minimum Gasteiger partial charge on any atom is -0.463 e. The Bertz CT molecular complexity index is 171. The molecule has 2 nitrogen and oxygen atoms in total. The SMILES string of the molecule is CCC(C)OC(=O)CC1CCCCC1. The van der Waals surface area contributed by atoms with Crippen LogP contribution in [0.2, 0.25) is 0 Å². The lowest BCUT2D eigenvalue weighted by Crippen LogP contribution is -2.18. The molecule has 0 heterocycles.